The summed E-state index contributed by atoms with van der Waals surface area (Å²) < 4.78 is 5.00. The molecule has 0 spiro atoms. The lowest BCUT2D eigenvalue weighted by Crippen LogP contribution is -2.41. The Morgan fingerprint density at radius 3 is 2.51 bits per heavy atom. The van der Waals surface area contributed by atoms with E-state index in [1.54, 1.807) is 17.9 Å². The Bertz CT molecular complexity index is 1040. The van der Waals surface area contributed by atoms with Gasteiger partial charge in [-0.2, -0.15) is 0 Å². The molecule has 0 bridgehead atoms. The standard InChI is InChI=1S/C26H34N4O4S/c1-18-16-23(28-34-18)27-25(32)19-12-14-30(15-13-19)26(33)21-10-6-7-11-22(21)35-17-24(31)29(2)20-8-4-3-5-9-20/h6-7,10-11,16,19-20H,3-5,8-9,12-15,17H2,1-2H3,(H,27,28,32). The largest absolute Gasteiger partial charge is 0.360 e. The van der Waals surface area contributed by atoms with Crippen LogP contribution in [0.5, 0.6) is 0 Å². The van der Waals surface area contributed by atoms with Crippen LogP contribution in [-0.2, 0) is 9.59 Å². The van der Waals surface area contributed by atoms with Crippen molar-refractivity contribution in [1.82, 2.24) is 15.0 Å². The summed E-state index contributed by atoms with van der Waals surface area (Å²) in [5.41, 5.74) is 0.617. The fourth-order valence-electron chi connectivity index (χ4n) is 4.85. The number of benzene rings is 1. The molecule has 8 nitrogen and oxygen atoms in total. The predicted molar refractivity (Wildman–Crippen MR) is 135 cm³/mol. The zero-order chi connectivity index (χ0) is 24.8. The lowest BCUT2D eigenvalue weighted by Gasteiger charge is -2.32. The monoisotopic (exact) mass is 498 g/mol. The number of anilines is 1. The summed E-state index contributed by atoms with van der Waals surface area (Å²) in [5, 5.41) is 6.60. The van der Waals surface area contributed by atoms with Crippen LogP contribution in [0, 0.1) is 12.8 Å². The number of hydrogen-bond acceptors (Lipinski definition) is 6. The van der Waals surface area contributed by atoms with Gasteiger partial charge in [0.15, 0.2) is 5.82 Å². The van der Waals surface area contributed by atoms with Gasteiger partial charge >= 0.3 is 0 Å². The minimum absolute atomic E-state index is 0.0489. The van der Waals surface area contributed by atoms with Gasteiger partial charge in [0, 0.05) is 43.1 Å². The molecule has 1 aliphatic heterocycles. The quantitative estimate of drug-likeness (QED) is 0.570. The van der Waals surface area contributed by atoms with E-state index in [4.69, 9.17) is 4.52 Å². The van der Waals surface area contributed by atoms with Crippen LogP contribution < -0.4 is 5.32 Å². The lowest BCUT2D eigenvalue weighted by atomic mass is 9.94. The molecular weight excluding hydrogens is 464 g/mol. The number of rotatable bonds is 7. The summed E-state index contributed by atoms with van der Waals surface area (Å²) in [7, 11) is 1.90. The number of piperidine rings is 1. The second-order valence-corrected chi connectivity index (χ2v) is 10.5. The van der Waals surface area contributed by atoms with E-state index in [1.807, 2.05) is 36.2 Å². The van der Waals surface area contributed by atoms with Crippen LogP contribution in [0.2, 0.25) is 0 Å². The maximum Gasteiger partial charge on any atom is 0.254 e. The van der Waals surface area contributed by atoms with Gasteiger partial charge in [-0.05, 0) is 44.7 Å². The molecule has 0 unspecified atom stereocenters. The van der Waals surface area contributed by atoms with Crippen molar-refractivity contribution in [2.45, 2.75) is 62.8 Å². The number of thioether (sulfide) groups is 1. The van der Waals surface area contributed by atoms with Crippen LogP contribution in [0.4, 0.5) is 5.82 Å². The first-order valence-electron chi connectivity index (χ1n) is 12.4. The van der Waals surface area contributed by atoms with Crippen molar-refractivity contribution in [3.8, 4) is 0 Å². The normalized spacial score (nSPS) is 17.3. The number of aromatic nitrogens is 1. The first kappa shape index (κ1) is 25.3. The average Bonchev–Trinajstić information content (AvgIpc) is 3.31. The molecule has 1 saturated carbocycles. The van der Waals surface area contributed by atoms with Crippen LogP contribution in [0.1, 0.15) is 61.1 Å². The molecule has 2 aromatic rings. The number of nitrogens with one attached hydrogen (secondary N) is 1. The highest BCUT2D eigenvalue weighted by atomic mass is 32.2. The first-order valence-corrected chi connectivity index (χ1v) is 13.4. The zero-order valence-corrected chi connectivity index (χ0v) is 21.3. The number of hydrogen-bond donors (Lipinski definition) is 1. The van der Waals surface area contributed by atoms with Crippen LogP contribution in [0.25, 0.3) is 0 Å². The Morgan fingerprint density at radius 2 is 1.83 bits per heavy atom. The molecule has 1 saturated heterocycles. The van der Waals surface area contributed by atoms with Gasteiger partial charge in [-0.15, -0.1) is 11.8 Å². The van der Waals surface area contributed by atoms with Crippen molar-refractivity contribution in [2.75, 3.05) is 31.2 Å². The van der Waals surface area contributed by atoms with E-state index >= 15 is 0 Å². The van der Waals surface area contributed by atoms with E-state index < -0.39 is 0 Å². The fourth-order valence-corrected chi connectivity index (χ4v) is 5.82. The van der Waals surface area contributed by atoms with Gasteiger partial charge in [-0.3, -0.25) is 14.4 Å². The third kappa shape index (κ3) is 6.45. The highest BCUT2D eigenvalue weighted by molar-refractivity contribution is 8.00. The molecule has 9 heteroatoms. The highest BCUT2D eigenvalue weighted by Crippen LogP contribution is 2.28. The fraction of sp³-hybridized carbons (Fsp3) is 0.538. The van der Waals surface area contributed by atoms with Crippen molar-refractivity contribution in [3.05, 3.63) is 41.7 Å². The molecule has 1 aliphatic carbocycles. The van der Waals surface area contributed by atoms with Crippen molar-refractivity contribution in [2.24, 2.45) is 5.92 Å². The van der Waals surface area contributed by atoms with Gasteiger partial charge in [0.25, 0.3) is 5.91 Å². The zero-order valence-electron chi connectivity index (χ0n) is 20.5. The van der Waals surface area contributed by atoms with Crippen molar-refractivity contribution < 1.29 is 18.9 Å². The van der Waals surface area contributed by atoms with E-state index in [2.05, 4.69) is 10.5 Å². The van der Waals surface area contributed by atoms with Crippen molar-refractivity contribution in [1.29, 1.82) is 0 Å². The average molecular weight is 499 g/mol. The third-order valence-corrected chi connectivity index (χ3v) is 8.07. The molecule has 0 atom stereocenters. The number of likely N-dealkylation sites (tertiary alicyclic amines) is 1. The molecule has 3 amide bonds. The molecule has 2 heterocycles. The molecule has 4 rings (SSSR count). The summed E-state index contributed by atoms with van der Waals surface area (Å²) in [6.07, 6.45) is 6.97. The topological polar surface area (TPSA) is 95.8 Å². The molecule has 2 fully saturated rings. The maximum absolute atomic E-state index is 13.3. The first-order chi connectivity index (χ1) is 16.9. The van der Waals surface area contributed by atoms with Crippen LogP contribution >= 0.6 is 11.8 Å². The summed E-state index contributed by atoms with van der Waals surface area (Å²) >= 11 is 1.43. The lowest BCUT2D eigenvalue weighted by molar-refractivity contribution is -0.129. The Balaban J connectivity index is 1.30. The second kappa shape index (κ2) is 11.7. The van der Waals surface area contributed by atoms with E-state index in [1.165, 1.54) is 31.0 Å². The third-order valence-electron chi connectivity index (χ3n) is 7.02. The number of nitrogens with zero attached hydrogens (tertiary/aromatic N) is 3. The van der Waals surface area contributed by atoms with Gasteiger partial charge in [0.05, 0.1) is 11.3 Å². The van der Waals surface area contributed by atoms with Gasteiger partial charge in [0.2, 0.25) is 11.8 Å². The maximum atomic E-state index is 13.3. The van der Waals surface area contributed by atoms with E-state index in [9.17, 15) is 14.4 Å². The van der Waals surface area contributed by atoms with Gasteiger partial charge < -0.3 is 19.6 Å². The smallest absolute Gasteiger partial charge is 0.254 e. The minimum Gasteiger partial charge on any atom is -0.360 e. The van der Waals surface area contributed by atoms with E-state index in [0.29, 0.717) is 54.9 Å². The van der Waals surface area contributed by atoms with Crippen LogP contribution in [0.15, 0.2) is 39.8 Å². The Morgan fingerprint density at radius 1 is 1.11 bits per heavy atom. The highest BCUT2D eigenvalue weighted by Gasteiger charge is 2.29. The molecule has 2 aliphatic rings. The Hall–Kier alpha value is -2.81. The summed E-state index contributed by atoms with van der Waals surface area (Å²) in [6, 6.07) is 9.50. The predicted octanol–water partition coefficient (Wildman–Crippen LogP) is 4.36. The summed E-state index contributed by atoms with van der Waals surface area (Å²) in [5.74, 6) is 1.17. The SMILES string of the molecule is Cc1cc(NC(=O)C2CCN(C(=O)c3ccccc3SCC(=O)N(C)C3CCCCC3)CC2)no1. The van der Waals surface area contributed by atoms with Crippen LogP contribution in [0.3, 0.4) is 0 Å². The van der Waals surface area contributed by atoms with Gasteiger partial charge in [0.1, 0.15) is 5.76 Å². The van der Waals surface area contributed by atoms with Gasteiger partial charge in [-0.25, -0.2) is 0 Å². The Labute approximate surface area is 210 Å². The van der Waals surface area contributed by atoms with Crippen molar-refractivity contribution in [3.63, 3.8) is 0 Å². The molecule has 1 aromatic heterocycles. The molecule has 1 N–H and O–H groups in total. The van der Waals surface area contributed by atoms with Gasteiger partial charge in [-0.1, -0.05) is 36.6 Å². The molecule has 35 heavy (non-hydrogen) atoms. The molecule has 0 radical (unpaired) electrons. The molecule has 1 aromatic carbocycles. The number of amides is 3. The summed E-state index contributed by atoms with van der Waals surface area (Å²) in [4.78, 5) is 43.2. The van der Waals surface area contributed by atoms with Crippen LogP contribution in [-0.4, -0.2) is 64.6 Å². The summed E-state index contributed by atoms with van der Waals surface area (Å²) in [6.45, 7) is 2.79. The van der Waals surface area contributed by atoms with E-state index in [-0.39, 0.29) is 23.6 Å². The minimum atomic E-state index is -0.173. The number of aryl methyl sites for hydroxylation is 1. The number of carbonyl (C=O) groups excluding carboxylic acids is 3. The molecular formula is C26H34N4O4S. The van der Waals surface area contributed by atoms with Crippen molar-refractivity contribution >= 4 is 35.3 Å². The number of carbonyl (C=O) groups is 3. The van der Waals surface area contributed by atoms with E-state index in [0.717, 1.165) is 17.7 Å². The second-order valence-electron chi connectivity index (χ2n) is 9.46. The molecule has 188 valence electrons. The Kier molecular flexibility index (Phi) is 8.49.